The van der Waals surface area contributed by atoms with Crippen LogP contribution < -0.4 is 0 Å². The first-order chi connectivity index (χ1) is 13.7. The normalized spacial score (nSPS) is 17.0. The van der Waals surface area contributed by atoms with E-state index in [4.69, 9.17) is 0 Å². The van der Waals surface area contributed by atoms with Gasteiger partial charge in [-0.2, -0.15) is 0 Å². The molecule has 0 aromatic carbocycles. The van der Waals surface area contributed by atoms with Crippen LogP contribution in [0.4, 0.5) is 0 Å². The van der Waals surface area contributed by atoms with Crippen LogP contribution in [0.5, 0.6) is 0 Å². The molecule has 0 bridgehead atoms. The van der Waals surface area contributed by atoms with Gasteiger partial charge in [-0.25, -0.2) is 4.98 Å². The van der Waals surface area contributed by atoms with E-state index in [-0.39, 0.29) is 11.8 Å². The number of carbonyl (C=O) groups is 1. The van der Waals surface area contributed by atoms with Gasteiger partial charge in [-0.05, 0) is 37.0 Å². The van der Waals surface area contributed by atoms with Crippen LogP contribution in [0.2, 0.25) is 0 Å². The number of hydrogen-bond donors (Lipinski definition) is 0. The van der Waals surface area contributed by atoms with Crippen molar-refractivity contribution in [2.75, 3.05) is 13.1 Å². The third kappa shape index (κ3) is 4.11. The highest BCUT2D eigenvalue weighted by Crippen LogP contribution is 2.26. The predicted molar refractivity (Wildman–Crippen MR) is 103 cm³/mol. The van der Waals surface area contributed by atoms with Gasteiger partial charge >= 0.3 is 0 Å². The van der Waals surface area contributed by atoms with Crippen LogP contribution in [0, 0.1) is 0 Å². The number of hydrogen-bond acceptors (Lipinski definition) is 5. The quantitative estimate of drug-likeness (QED) is 0.652. The van der Waals surface area contributed by atoms with Crippen molar-refractivity contribution in [3.8, 4) is 0 Å². The molecule has 4 heterocycles. The minimum Gasteiger partial charge on any atom is -0.342 e. The van der Waals surface area contributed by atoms with Gasteiger partial charge in [0.25, 0.3) is 0 Å². The molecule has 1 aliphatic rings. The zero-order valence-electron chi connectivity index (χ0n) is 16.1. The fraction of sp³-hybridized carbons (Fsp3) is 0.450. The van der Waals surface area contributed by atoms with Crippen LogP contribution >= 0.6 is 0 Å². The highest BCUT2D eigenvalue weighted by atomic mass is 16.2. The SMILES string of the molecule is Cn1c(Cn2ccnc2)nnc1[C@H]1CCCN(C(=O)CCc2ccncc2)C1. The van der Waals surface area contributed by atoms with Gasteiger partial charge in [-0.3, -0.25) is 9.78 Å². The van der Waals surface area contributed by atoms with Crippen molar-refractivity contribution in [3.63, 3.8) is 0 Å². The number of carbonyl (C=O) groups excluding carboxylic acids is 1. The van der Waals surface area contributed by atoms with Crippen LogP contribution in [0.1, 0.15) is 42.4 Å². The minimum absolute atomic E-state index is 0.210. The Morgan fingerprint density at radius 3 is 2.82 bits per heavy atom. The van der Waals surface area contributed by atoms with E-state index in [2.05, 4.69) is 24.7 Å². The summed E-state index contributed by atoms with van der Waals surface area (Å²) in [6, 6.07) is 3.93. The van der Waals surface area contributed by atoms with Crippen molar-refractivity contribution in [1.29, 1.82) is 0 Å². The van der Waals surface area contributed by atoms with E-state index in [0.717, 1.165) is 43.0 Å². The molecule has 28 heavy (non-hydrogen) atoms. The van der Waals surface area contributed by atoms with Crippen LogP contribution in [0.25, 0.3) is 0 Å². The largest absolute Gasteiger partial charge is 0.342 e. The van der Waals surface area contributed by atoms with E-state index < -0.39 is 0 Å². The molecule has 1 amide bonds. The second-order valence-corrected chi connectivity index (χ2v) is 7.30. The highest BCUT2D eigenvalue weighted by Gasteiger charge is 2.28. The van der Waals surface area contributed by atoms with Crippen molar-refractivity contribution in [2.24, 2.45) is 7.05 Å². The molecule has 146 valence electrons. The summed E-state index contributed by atoms with van der Waals surface area (Å²) in [4.78, 5) is 22.8. The van der Waals surface area contributed by atoms with Crippen LogP contribution in [0.3, 0.4) is 0 Å². The maximum Gasteiger partial charge on any atom is 0.222 e. The monoisotopic (exact) mass is 379 g/mol. The summed E-state index contributed by atoms with van der Waals surface area (Å²) in [6.07, 6.45) is 12.3. The van der Waals surface area contributed by atoms with E-state index in [1.165, 1.54) is 0 Å². The second-order valence-electron chi connectivity index (χ2n) is 7.30. The molecular formula is C20H25N7O. The molecule has 0 spiro atoms. The Hall–Kier alpha value is -3.03. The fourth-order valence-corrected chi connectivity index (χ4v) is 3.79. The van der Waals surface area contributed by atoms with Crippen LogP contribution in [-0.4, -0.2) is 53.2 Å². The molecular weight excluding hydrogens is 354 g/mol. The van der Waals surface area contributed by atoms with Gasteiger partial charge in [-0.1, -0.05) is 0 Å². The minimum atomic E-state index is 0.210. The number of piperidine rings is 1. The van der Waals surface area contributed by atoms with Gasteiger partial charge in [0.05, 0.1) is 12.9 Å². The Balaban J connectivity index is 1.38. The van der Waals surface area contributed by atoms with Crippen molar-refractivity contribution in [1.82, 2.24) is 34.2 Å². The van der Waals surface area contributed by atoms with Crippen molar-refractivity contribution < 1.29 is 4.79 Å². The Bertz CT molecular complexity index is 904. The first kappa shape index (κ1) is 18.3. The zero-order chi connectivity index (χ0) is 19.3. The molecule has 0 aliphatic carbocycles. The molecule has 1 aliphatic heterocycles. The van der Waals surface area contributed by atoms with Crippen molar-refractivity contribution in [3.05, 3.63) is 60.5 Å². The van der Waals surface area contributed by atoms with E-state index in [0.29, 0.717) is 19.5 Å². The third-order valence-corrected chi connectivity index (χ3v) is 5.40. The zero-order valence-corrected chi connectivity index (χ0v) is 16.1. The lowest BCUT2D eigenvalue weighted by Gasteiger charge is -2.32. The summed E-state index contributed by atoms with van der Waals surface area (Å²) in [6.45, 7) is 2.18. The number of pyridine rings is 1. The van der Waals surface area contributed by atoms with E-state index in [1.807, 2.05) is 34.8 Å². The molecule has 8 nitrogen and oxygen atoms in total. The lowest BCUT2D eigenvalue weighted by Crippen LogP contribution is -2.39. The fourth-order valence-electron chi connectivity index (χ4n) is 3.79. The molecule has 0 unspecified atom stereocenters. The average molecular weight is 379 g/mol. The maximum absolute atomic E-state index is 12.7. The number of nitrogens with zero attached hydrogens (tertiary/aromatic N) is 7. The van der Waals surface area contributed by atoms with Crippen molar-refractivity contribution in [2.45, 2.75) is 38.1 Å². The number of aryl methyl sites for hydroxylation is 1. The Morgan fingerprint density at radius 1 is 1.18 bits per heavy atom. The molecule has 0 radical (unpaired) electrons. The lowest BCUT2D eigenvalue weighted by molar-refractivity contribution is -0.132. The molecule has 3 aromatic rings. The lowest BCUT2D eigenvalue weighted by atomic mass is 9.96. The smallest absolute Gasteiger partial charge is 0.222 e. The first-order valence-corrected chi connectivity index (χ1v) is 9.71. The van der Waals surface area contributed by atoms with Crippen LogP contribution in [0.15, 0.2) is 43.2 Å². The number of amides is 1. The molecule has 1 atom stereocenters. The Kier molecular flexibility index (Phi) is 5.45. The Labute approximate surface area is 164 Å². The van der Waals surface area contributed by atoms with Gasteiger partial charge in [0.2, 0.25) is 5.91 Å². The first-order valence-electron chi connectivity index (χ1n) is 9.71. The molecule has 3 aromatic heterocycles. The number of imidazole rings is 1. The predicted octanol–water partition coefficient (Wildman–Crippen LogP) is 1.79. The third-order valence-electron chi connectivity index (χ3n) is 5.40. The molecule has 1 saturated heterocycles. The molecule has 8 heteroatoms. The average Bonchev–Trinajstić information content (AvgIpc) is 3.38. The topological polar surface area (TPSA) is 81.7 Å². The number of rotatable bonds is 6. The van der Waals surface area contributed by atoms with Gasteiger partial charge in [-0.15, -0.1) is 10.2 Å². The second kappa shape index (κ2) is 8.33. The summed E-state index contributed by atoms with van der Waals surface area (Å²) >= 11 is 0. The maximum atomic E-state index is 12.7. The van der Waals surface area contributed by atoms with Gasteiger partial charge in [0, 0.05) is 57.3 Å². The highest BCUT2D eigenvalue weighted by molar-refractivity contribution is 5.76. The molecule has 0 saturated carbocycles. The summed E-state index contributed by atoms with van der Waals surface area (Å²) in [5.41, 5.74) is 1.15. The van der Waals surface area contributed by atoms with E-state index >= 15 is 0 Å². The van der Waals surface area contributed by atoms with Gasteiger partial charge in [0.15, 0.2) is 5.82 Å². The van der Waals surface area contributed by atoms with E-state index in [9.17, 15) is 4.79 Å². The van der Waals surface area contributed by atoms with Crippen LogP contribution in [-0.2, 0) is 24.8 Å². The number of aromatic nitrogens is 6. The Morgan fingerprint density at radius 2 is 2.04 bits per heavy atom. The summed E-state index contributed by atoms with van der Waals surface area (Å²) < 4.78 is 4.04. The molecule has 4 rings (SSSR count). The molecule has 1 fully saturated rings. The van der Waals surface area contributed by atoms with Gasteiger partial charge < -0.3 is 14.0 Å². The summed E-state index contributed by atoms with van der Waals surface area (Å²) in [5, 5.41) is 8.81. The van der Waals surface area contributed by atoms with E-state index in [1.54, 1.807) is 24.9 Å². The number of likely N-dealkylation sites (tertiary alicyclic amines) is 1. The van der Waals surface area contributed by atoms with Crippen molar-refractivity contribution >= 4 is 5.91 Å². The molecule has 0 N–H and O–H groups in total. The standard InChI is InChI=1S/C20H25N7O/c1-25-18(14-26-12-10-22-15-26)23-24-20(25)17-3-2-11-27(13-17)19(28)5-4-16-6-8-21-9-7-16/h6-10,12,15,17H,2-5,11,13-14H2,1H3/t17-/m0/s1. The summed E-state index contributed by atoms with van der Waals surface area (Å²) in [5.74, 6) is 2.30. The van der Waals surface area contributed by atoms with Gasteiger partial charge in [0.1, 0.15) is 5.82 Å². The summed E-state index contributed by atoms with van der Waals surface area (Å²) in [7, 11) is 2.01.